The summed E-state index contributed by atoms with van der Waals surface area (Å²) in [6.07, 6.45) is 0.936. The van der Waals surface area contributed by atoms with Crippen molar-refractivity contribution >= 4 is 56.1 Å². The van der Waals surface area contributed by atoms with E-state index in [1.165, 1.54) is 0 Å². The maximum atomic E-state index is 11.5. The van der Waals surface area contributed by atoms with Gasteiger partial charge in [0.15, 0.2) is 6.29 Å². The summed E-state index contributed by atoms with van der Waals surface area (Å²) >= 11 is 13.8. The first kappa shape index (κ1) is 23.4. The van der Waals surface area contributed by atoms with Crippen LogP contribution in [0.15, 0.2) is 78.9 Å². The lowest BCUT2D eigenvalue weighted by molar-refractivity contribution is 0.112. The van der Waals surface area contributed by atoms with E-state index in [2.05, 4.69) is 38.3 Å². The SMILES string of the molecule is Cc1c(C=O)c2ccccc2n1-c1ccc(OCc2ccccc2)cc1.O=P(Cl)(Cl)Cl. The molecule has 31 heavy (non-hydrogen) atoms. The summed E-state index contributed by atoms with van der Waals surface area (Å²) in [5, 5.41) is -2.25. The van der Waals surface area contributed by atoms with Crippen molar-refractivity contribution in [2.24, 2.45) is 0 Å². The van der Waals surface area contributed by atoms with Crippen LogP contribution >= 0.6 is 38.9 Å². The lowest BCUT2D eigenvalue weighted by Crippen LogP contribution is -1.98. The van der Waals surface area contributed by atoms with Crippen LogP contribution in [-0.2, 0) is 11.2 Å². The van der Waals surface area contributed by atoms with Gasteiger partial charge in [0, 0.05) is 22.3 Å². The highest BCUT2D eigenvalue weighted by Gasteiger charge is 2.14. The standard InChI is InChI=1S/C23H19NO2.Cl3OP/c1-17-22(15-25)21-9-5-6-10-23(21)24(17)19-11-13-20(14-12-19)26-16-18-7-3-2-4-8-18;1-5(2,3)4/h2-15H,16H2,1H3;. The fourth-order valence-corrected chi connectivity index (χ4v) is 3.31. The number of nitrogens with zero attached hydrogens (tertiary/aromatic N) is 1. The Morgan fingerprint density at radius 1 is 0.903 bits per heavy atom. The van der Waals surface area contributed by atoms with Crippen LogP contribution in [0.4, 0.5) is 0 Å². The van der Waals surface area contributed by atoms with Crippen LogP contribution in [0.1, 0.15) is 21.6 Å². The van der Waals surface area contributed by atoms with Crippen molar-refractivity contribution < 1.29 is 14.1 Å². The lowest BCUT2D eigenvalue weighted by Gasteiger charge is -2.11. The average Bonchev–Trinajstić information content (AvgIpc) is 3.03. The van der Waals surface area contributed by atoms with E-state index in [-0.39, 0.29) is 0 Å². The Morgan fingerprint density at radius 3 is 2.10 bits per heavy atom. The Hall–Kier alpha value is -2.23. The minimum atomic E-state index is -3.22. The third-order valence-corrected chi connectivity index (χ3v) is 4.62. The average molecular weight is 495 g/mol. The van der Waals surface area contributed by atoms with E-state index >= 15 is 0 Å². The Morgan fingerprint density at radius 2 is 1.48 bits per heavy atom. The molecule has 0 saturated carbocycles. The van der Waals surface area contributed by atoms with E-state index in [9.17, 15) is 9.36 Å². The predicted molar refractivity (Wildman–Crippen MR) is 129 cm³/mol. The Kier molecular flexibility index (Phi) is 7.85. The van der Waals surface area contributed by atoms with Gasteiger partial charge in [-0.1, -0.05) is 48.5 Å². The summed E-state index contributed by atoms with van der Waals surface area (Å²) in [4.78, 5) is 11.5. The Labute approximate surface area is 195 Å². The van der Waals surface area contributed by atoms with E-state index < -0.39 is 5.20 Å². The highest BCUT2D eigenvalue weighted by molar-refractivity contribution is 8.24. The van der Waals surface area contributed by atoms with Gasteiger partial charge < -0.3 is 9.30 Å². The number of fused-ring (bicyclic) bond motifs is 1. The van der Waals surface area contributed by atoms with Crippen LogP contribution in [0, 0.1) is 6.92 Å². The molecule has 4 nitrogen and oxygen atoms in total. The smallest absolute Gasteiger partial charge is 0.339 e. The number of hydrogen-bond acceptors (Lipinski definition) is 3. The molecule has 0 atom stereocenters. The molecule has 160 valence electrons. The summed E-state index contributed by atoms with van der Waals surface area (Å²) in [5.74, 6) is 0.822. The second-order valence-electron chi connectivity index (χ2n) is 6.64. The molecule has 0 bridgehead atoms. The molecule has 0 aliphatic carbocycles. The molecule has 0 aliphatic rings. The molecular weight excluding hydrogens is 476 g/mol. The molecule has 0 fully saturated rings. The zero-order valence-electron chi connectivity index (χ0n) is 16.5. The van der Waals surface area contributed by atoms with Gasteiger partial charge in [-0.2, -0.15) is 0 Å². The van der Waals surface area contributed by atoms with Crippen LogP contribution < -0.4 is 4.74 Å². The maximum absolute atomic E-state index is 11.5. The highest BCUT2D eigenvalue weighted by atomic mass is 36.0. The largest absolute Gasteiger partial charge is 0.489 e. The van der Waals surface area contributed by atoms with Crippen molar-refractivity contribution in [3.8, 4) is 11.4 Å². The predicted octanol–water partition coefficient (Wildman–Crippen LogP) is 8.14. The Bertz CT molecular complexity index is 1210. The fourth-order valence-electron chi connectivity index (χ4n) is 3.31. The molecule has 0 amide bonds. The number of carbonyl (C=O) groups excluding carboxylic acids is 1. The van der Waals surface area contributed by atoms with Crippen LogP contribution in [0.2, 0.25) is 0 Å². The number of benzene rings is 3. The number of halogens is 3. The van der Waals surface area contributed by atoms with E-state index in [0.717, 1.165) is 45.4 Å². The summed E-state index contributed by atoms with van der Waals surface area (Å²) in [7, 11) is 0. The third-order valence-electron chi connectivity index (χ3n) is 4.62. The number of carbonyl (C=O) groups is 1. The van der Waals surface area contributed by atoms with Crippen molar-refractivity contribution in [1.29, 1.82) is 0 Å². The highest BCUT2D eigenvalue weighted by Crippen LogP contribution is 2.61. The minimum absolute atomic E-state index is 0.543. The van der Waals surface area contributed by atoms with Gasteiger partial charge in [0.25, 0.3) is 0 Å². The van der Waals surface area contributed by atoms with E-state index in [1.54, 1.807) is 0 Å². The first-order valence-corrected chi connectivity index (χ1v) is 13.7. The molecule has 0 unspecified atom stereocenters. The molecule has 3 aromatic carbocycles. The number of aldehydes is 1. The first-order chi connectivity index (χ1) is 14.8. The zero-order chi connectivity index (χ0) is 22.4. The van der Waals surface area contributed by atoms with E-state index in [4.69, 9.17) is 4.74 Å². The second kappa shape index (κ2) is 10.4. The molecule has 0 radical (unpaired) electrons. The van der Waals surface area contributed by atoms with Gasteiger partial charge in [-0.25, -0.2) is 0 Å². The molecule has 0 N–H and O–H groups in total. The minimum Gasteiger partial charge on any atom is -0.489 e. The van der Waals surface area contributed by atoms with E-state index in [1.807, 2.05) is 85.8 Å². The summed E-state index contributed by atoms with van der Waals surface area (Å²) in [6.45, 7) is 2.52. The molecule has 8 heteroatoms. The monoisotopic (exact) mass is 493 g/mol. The van der Waals surface area contributed by atoms with Gasteiger partial charge in [0.2, 0.25) is 0 Å². The van der Waals surface area contributed by atoms with Crippen LogP contribution in [0.3, 0.4) is 0 Å². The van der Waals surface area contributed by atoms with Crippen molar-refractivity contribution in [2.45, 2.75) is 13.5 Å². The molecule has 4 rings (SSSR count). The van der Waals surface area contributed by atoms with Gasteiger partial charge in [0.05, 0.1) is 5.52 Å². The molecule has 1 aromatic heterocycles. The van der Waals surface area contributed by atoms with E-state index in [0.29, 0.717) is 6.61 Å². The zero-order valence-corrected chi connectivity index (χ0v) is 19.7. The Balaban J connectivity index is 0.000000491. The van der Waals surface area contributed by atoms with Crippen molar-refractivity contribution in [3.63, 3.8) is 0 Å². The number of hydrogen-bond donors (Lipinski definition) is 0. The number of aromatic nitrogens is 1. The second-order valence-corrected chi connectivity index (χ2v) is 13.3. The van der Waals surface area contributed by atoms with Crippen LogP contribution in [-0.4, -0.2) is 10.9 Å². The molecule has 4 aromatic rings. The van der Waals surface area contributed by atoms with Gasteiger partial charge in [0.1, 0.15) is 12.4 Å². The number of rotatable bonds is 5. The molecule has 0 spiro atoms. The summed E-state index contributed by atoms with van der Waals surface area (Å²) in [6, 6.07) is 26.0. The van der Waals surface area contributed by atoms with Crippen molar-refractivity contribution in [2.75, 3.05) is 0 Å². The van der Waals surface area contributed by atoms with Crippen molar-refractivity contribution in [1.82, 2.24) is 4.57 Å². The normalized spacial score (nSPS) is 11.0. The van der Waals surface area contributed by atoms with Gasteiger partial charge in [-0.3, -0.25) is 9.36 Å². The lowest BCUT2D eigenvalue weighted by atomic mass is 10.1. The maximum Gasteiger partial charge on any atom is 0.339 e. The van der Waals surface area contributed by atoms with Gasteiger partial charge >= 0.3 is 5.20 Å². The van der Waals surface area contributed by atoms with Gasteiger partial charge in [-0.05, 0) is 76.5 Å². The number of ether oxygens (including phenoxy) is 1. The van der Waals surface area contributed by atoms with Crippen molar-refractivity contribution in [3.05, 3.63) is 95.7 Å². The number of para-hydroxylation sites is 1. The summed E-state index contributed by atoms with van der Waals surface area (Å²) in [5.41, 5.74) is 4.87. The fraction of sp³-hybridized carbons (Fsp3) is 0.0870. The summed E-state index contributed by atoms with van der Waals surface area (Å²) < 4.78 is 17.5. The quantitative estimate of drug-likeness (QED) is 0.208. The molecule has 1 heterocycles. The van der Waals surface area contributed by atoms with Crippen LogP contribution in [0.5, 0.6) is 5.75 Å². The molecular formula is C23H19Cl3NO3P. The topological polar surface area (TPSA) is 48.3 Å². The third kappa shape index (κ3) is 6.38. The van der Waals surface area contributed by atoms with Crippen LogP contribution in [0.25, 0.3) is 16.6 Å². The van der Waals surface area contributed by atoms with Gasteiger partial charge in [-0.15, -0.1) is 0 Å². The molecule has 0 saturated heterocycles. The first-order valence-electron chi connectivity index (χ1n) is 9.29. The molecule has 0 aliphatic heterocycles.